The van der Waals surface area contributed by atoms with Gasteiger partial charge in [-0.2, -0.15) is 13.2 Å². The van der Waals surface area contributed by atoms with Crippen molar-refractivity contribution in [2.45, 2.75) is 44.9 Å². The standard InChI is InChI=1S/C20H26F3N3O2/c1-14-5-8-25(9-6-14)18(27)12-17-19(28)24-7-10-26(17)13-15-3-2-4-16(11-15)20(21,22)23/h2-4,11,14,17H,5-10,12-13H2,1H3,(H,24,28)/t17-/m1/s1. The Labute approximate surface area is 162 Å². The quantitative estimate of drug-likeness (QED) is 0.850. The Morgan fingerprint density at radius 2 is 1.93 bits per heavy atom. The maximum Gasteiger partial charge on any atom is 0.416 e. The maximum atomic E-state index is 13.0. The molecule has 0 saturated carbocycles. The van der Waals surface area contributed by atoms with E-state index in [2.05, 4.69) is 12.2 Å². The lowest BCUT2D eigenvalue weighted by molar-refractivity contribution is -0.140. The van der Waals surface area contributed by atoms with Gasteiger partial charge in [0.05, 0.1) is 18.0 Å². The van der Waals surface area contributed by atoms with Crippen molar-refractivity contribution in [2.75, 3.05) is 26.2 Å². The number of nitrogens with zero attached hydrogens (tertiary/aromatic N) is 2. The molecular formula is C20H26F3N3O2. The zero-order chi connectivity index (χ0) is 20.3. The van der Waals surface area contributed by atoms with Gasteiger partial charge in [0.25, 0.3) is 0 Å². The van der Waals surface area contributed by atoms with Crippen molar-refractivity contribution in [1.82, 2.24) is 15.1 Å². The molecule has 2 aliphatic heterocycles. The molecule has 0 bridgehead atoms. The Hall–Kier alpha value is -2.09. The van der Waals surface area contributed by atoms with Crippen molar-refractivity contribution < 1.29 is 22.8 Å². The molecule has 1 atom stereocenters. The molecule has 3 rings (SSSR count). The molecule has 1 N–H and O–H groups in total. The topological polar surface area (TPSA) is 52.7 Å². The second kappa shape index (κ2) is 8.51. The van der Waals surface area contributed by atoms with Crippen molar-refractivity contribution in [3.63, 3.8) is 0 Å². The van der Waals surface area contributed by atoms with Gasteiger partial charge in [-0.3, -0.25) is 14.5 Å². The van der Waals surface area contributed by atoms with Gasteiger partial charge in [0, 0.05) is 32.7 Å². The van der Waals surface area contributed by atoms with Crippen LogP contribution in [0.3, 0.4) is 0 Å². The van der Waals surface area contributed by atoms with E-state index in [4.69, 9.17) is 0 Å². The van der Waals surface area contributed by atoms with Gasteiger partial charge < -0.3 is 10.2 Å². The molecule has 1 aromatic carbocycles. The van der Waals surface area contributed by atoms with Crippen molar-refractivity contribution in [3.05, 3.63) is 35.4 Å². The number of carbonyl (C=O) groups excluding carboxylic acids is 2. The van der Waals surface area contributed by atoms with E-state index in [0.29, 0.717) is 37.7 Å². The number of rotatable bonds is 4. The molecule has 8 heteroatoms. The predicted octanol–water partition coefficient (Wildman–Crippen LogP) is 2.65. The minimum Gasteiger partial charge on any atom is -0.353 e. The van der Waals surface area contributed by atoms with Crippen LogP contribution < -0.4 is 5.32 Å². The Morgan fingerprint density at radius 3 is 2.61 bits per heavy atom. The molecule has 1 aromatic rings. The van der Waals surface area contributed by atoms with E-state index in [9.17, 15) is 22.8 Å². The number of nitrogens with one attached hydrogen (secondary N) is 1. The van der Waals surface area contributed by atoms with Crippen molar-refractivity contribution in [2.24, 2.45) is 5.92 Å². The van der Waals surface area contributed by atoms with E-state index in [-0.39, 0.29) is 24.8 Å². The third-order valence-electron chi connectivity index (χ3n) is 5.59. The highest BCUT2D eigenvalue weighted by molar-refractivity contribution is 5.88. The predicted molar refractivity (Wildman–Crippen MR) is 98.2 cm³/mol. The number of likely N-dealkylation sites (tertiary alicyclic amines) is 1. The summed E-state index contributed by atoms with van der Waals surface area (Å²) in [5.41, 5.74) is -0.227. The van der Waals surface area contributed by atoms with E-state index < -0.39 is 17.8 Å². The lowest BCUT2D eigenvalue weighted by atomic mass is 9.98. The van der Waals surface area contributed by atoms with Crippen molar-refractivity contribution in [3.8, 4) is 0 Å². The summed E-state index contributed by atoms with van der Waals surface area (Å²) in [6.07, 6.45) is -2.44. The van der Waals surface area contributed by atoms with Crippen LogP contribution in [0.1, 0.15) is 37.3 Å². The van der Waals surface area contributed by atoms with E-state index >= 15 is 0 Å². The third kappa shape index (κ3) is 5.04. The second-order valence-corrected chi connectivity index (χ2v) is 7.74. The SMILES string of the molecule is CC1CCN(C(=O)C[C@@H]2C(=O)NCCN2Cc2cccc(C(F)(F)F)c2)CC1. The summed E-state index contributed by atoms with van der Waals surface area (Å²) in [6, 6.07) is 4.47. The molecule has 2 amide bonds. The van der Waals surface area contributed by atoms with Crippen LogP contribution in [0.5, 0.6) is 0 Å². The van der Waals surface area contributed by atoms with Crippen LogP contribution in [-0.4, -0.2) is 53.8 Å². The van der Waals surface area contributed by atoms with Gasteiger partial charge in [-0.15, -0.1) is 0 Å². The Balaban J connectivity index is 1.69. The van der Waals surface area contributed by atoms with Gasteiger partial charge in [0.1, 0.15) is 0 Å². The summed E-state index contributed by atoms with van der Waals surface area (Å²) in [5, 5.41) is 2.77. The summed E-state index contributed by atoms with van der Waals surface area (Å²) in [4.78, 5) is 28.7. The zero-order valence-electron chi connectivity index (χ0n) is 16.0. The van der Waals surface area contributed by atoms with E-state index in [1.807, 2.05) is 0 Å². The minimum atomic E-state index is -4.41. The van der Waals surface area contributed by atoms with Crippen LogP contribution in [0, 0.1) is 5.92 Å². The number of alkyl halides is 3. The van der Waals surface area contributed by atoms with E-state index in [0.717, 1.165) is 25.0 Å². The monoisotopic (exact) mass is 397 g/mol. The highest BCUT2D eigenvalue weighted by Crippen LogP contribution is 2.30. The molecular weight excluding hydrogens is 371 g/mol. The normalized spacial score (nSPS) is 22.2. The highest BCUT2D eigenvalue weighted by Gasteiger charge is 2.34. The molecule has 0 spiro atoms. The lowest BCUT2D eigenvalue weighted by Gasteiger charge is -2.37. The van der Waals surface area contributed by atoms with Crippen LogP contribution in [0.4, 0.5) is 13.2 Å². The number of benzene rings is 1. The minimum absolute atomic E-state index is 0.0547. The van der Waals surface area contributed by atoms with Gasteiger partial charge in [-0.25, -0.2) is 0 Å². The fourth-order valence-corrected chi connectivity index (χ4v) is 3.81. The van der Waals surface area contributed by atoms with Gasteiger partial charge in [0.15, 0.2) is 0 Å². The molecule has 154 valence electrons. The fraction of sp³-hybridized carbons (Fsp3) is 0.600. The number of piperidine rings is 1. The van der Waals surface area contributed by atoms with E-state index in [1.54, 1.807) is 15.9 Å². The van der Waals surface area contributed by atoms with Crippen LogP contribution in [0.25, 0.3) is 0 Å². The van der Waals surface area contributed by atoms with Gasteiger partial charge in [-0.1, -0.05) is 25.1 Å². The van der Waals surface area contributed by atoms with Crippen molar-refractivity contribution in [1.29, 1.82) is 0 Å². The second-order valence-electron chi connectivity index (χ2n) is 7.74. The average molecular weight is 397 g/mol. The molecule has 28 heavy (non-hydrogen) atoms. The number of carbonyl (C=O) groups is 2. The average Bonchev–Trinajstić information content (AvgIpc) is 2.64. The number of hydrogen-bond donors (Lipinski definition) is 1. The first-order valence-corrected chi connectivity index (χ1v) is 9.69. The fourth-order valence-electron chi connectivity index (χ4n) is 3.81. The lowest BCUT2D eigenvalue weighted by Crippen LogP contribution is -2.56. The summed E-state index contributed by atoms with van der Waals surface area (Å²) in [7, 11) is 0. The van der Waals surface area contributed by atoms with Gasteiger partial charge in [0.2, 0.25) is 11.8 Å². The number of amides is 2. The van der Waals surface area contributed by atoms with E-state index in [1.165, 1.54) is 6.07 Å². The largest absolute Gasteiger partial charge is 0.416 e. The Kier molecular flexibility index (Phi) is 6.27. The maximum absolute atomic E-state index is 13.0. The summed E-state index contributed by atoms with van der Waals surface area (Å²) in [6.45, 7) is 4.67. The first-order valence-electron chi connectivity index (χ1n) is 9.69. The van der Waals surface area contributed by atoms with Gasteiger partial charge in [-0.05, 0) is 30.4 Å². The molecule has 0 aromatic heterocycles. The highest BCUT2D eigenvalue weighted by atomic mass is 19.4. The molecule has 5 nitrogen and oxygen atoms in total. The first kappa shape index (κ1) is 20.6. The third-order valence-corrected chi connectivity index (χ3v) is 5.59. The molecule has 0 unspecified atom stereocenters. The number of piperazine rings is 1. The molecule has 2 saturated heterocycles. The van der Waals surface area contributed by atoms with Crippen molar-refractivity contribution >= 4 is 11.8 Å². The summed E-state index contributed by atoms with van der Waals surface area (Å²) in [5.74, 6) is 0.291. The molecule has 2 heterocycles. The molecule has 2 fully saturated rings. The number of halogens is 3. The van der Waals surface area contributed by atoms with Gasteiger partial charge >= 0.3 is 6.18 Å². The molecule has 2 aliphatic rings. The summed E-state index contributed by atoms with van der Waals surface area (Å²) >= 11 is 0. The zero-order valence-corrected chi connectivity index (χ0v) is 16.0. The molecule has 0 aliphatic carbocycles. The number of hydrogen-bond acceptors (Lipinski definition) is 3. The molecule has 0 radical (unpaired) electrons. The first-order chi connectivity index (χ1) is 13.2. The summed E-state index contributed by atoms with van der Waals surface area (Å²) < 4.78 is 38.9. The Morgan fingerprint density at radius 1 is 1.21 bits per heavy atom. The van der Waals surface area contributed by atoms with Crippen LogP contribution in [-0.2, 0) is 22.3 Å². The van der Waals surface area contributed by atoms with Crippen LogP contribution in [0.15, 0.2) is 24.3 Å². The van der Waals surface area contributed by atoms with Crippen LogP contribution in [0.2, 0.25) is 0 Å². The smallest absolute Gasteiger partial charge is 0.353 e. The Bertz CT molecular complexity index is 715. The van der Waals surface area contributed by atoms with Crippen LogP contribution >= 0.6 is 0 Å².